The first-order chi connectivity index (χ1) is 18.0. The molecule has 198 valence electrons. The third-order valence-corrected chi connectivity index (χ3v) is 6.92. The van der Waals surface area contributed by atoms with Gasteiger partial charge in [-0.2, -0.15) is 5.10 Å². The number of ether oxygens (including phenoxy) is 3. The summed E-state index contributed by atoms with van der Waals surface area (Å²) in [6, 6.07) is 14.7. The molecule has 9 nitrogen and oxygen atoms in total. The third-order valence-electron chi connectivity index (χ3n) is 6.59. The van der Waals surface area contributed by atoms with Crippen LogP contribution in [0.1, 0.15) is 23.6 Å². The minimum absolute atomic E-state index is 0.0908. The third kappa shape index (κ3) is 6.87. The van der Waals surface area contributed by atoms with E-state index >= 15 is 0 Å². The quantitative estimate of drug-likeness (QED) is 0.471. The molecule has 0 saturated carbocycles. The van der Waals surface area contributed by atoms with Crippen LogP contribution in [0.2, 0.25) is 5.02 Å². The summed E-state index contributed by atoms with van der Waals surface area (Å²) in [7, 11) is 3.09. The molecule has 2 aromatic carbocycles. The molecule has 1 fully saturated rings. The fourth-order valence-electron chi connectivity index (χ4n) is 4.51. The zero-order chi connectivity index (χ0) is 26.2. The van der Waals surface area contributed by atoms with Gasteiger partial charge in [0.1, 0.15) is 18.9 Å². The molecule has 0 bridgehead atoms. The Labute approximate surface area is 222 Å². The maximum Gasteiger partial charge on any atom is 0.262 e. The van der Waals surface area contributed by atoms with Crippen LogP contribution < -0.4 is 4.74 Å². The van der Waals surface area contributed by atoms with Crippen LogP contribution >= 0.6 is 11.6 Å². The average molecular weight is 529 g/mol. The number of rotatable bonds is 10. The number of carbonyl (C=O) groups is 2. The van der Waals surface area contributed by atoms with Gasteiger partial charge in [-0.15, -0.1) is 0 Å². The molecule has 10 heteroatoms. The maximum absolute atomic E-state index is 13.7. The maximum atomic E-state index is 13.7. The number of hydrogen-bond donors (Lipinski definition) is 0. The van der Waals surface area contributed by atoms with E-state index in [1.807, 2.05) is 48.5 Å². The molecule has 2 amide bonds. The summed E-state index contributed by atoms with van der Waals surface area (Å²) in [5.74, 6) is 0.222. The molecule has 2 aliphatic heterocycles. The Morgan fingerprint density at radius 2 is 1.84 bits per heavy atom. The van der Waals surface area contributed by atoms with E-state index in [-0.39, 0.29) is 31.0 Å². The number of carbonyl (C=O) groups excluding carboxylic acids is 2. The lowest BCUT2D eigenvalue weighted by Gasteiger charge is -2.31. The van der Waals surface area contributed by atoms with E-state index in [0.717, 1.165) is 35.7 Å². The summed E-state index contributed by atoms with van der Waals surface area (Å²) in [5, 5.41) is 6.78. The summed E-state index contributed by atoms with van der Waals surface area (Å²) in [5.41, 5.74) is 2.43. The largest absolute Gasteiger partial charge is 0.497 e. The molecule has 0 N–H and O–H groups in total. The number of hydrogen-bond acceptors (Lipinski definition) is 7. The van der Waals surface area contributed by atoms with Gasteiger partial charge in [-0.1, -0.05) is 41.9 Å². The predicted molar refractivity (Wildman–Crippen MR) is 141 cm³/mol. The Morgan fingerprint density at radius 1 is 1.11 bits per heavy atom. The van der Waals surface area contributed by atoms with Crippen molar-refractivity contribution >= 4 is 29.1 Å². The van der Waals surface area contributed by atoms with Crippen LogP contribution in [-0.4, -0.2) is 99.1 Å². The van der Waals surface area contributed by atoms with Crippen LogP contribution in [0.15, 0.2) is 53.6 Å². The lowest BCUT2D eigenvalue weighted by molar-refractivity contribution is -0.143. The average Bonchev–Trinajstić information content (AvgIpc) is 3.37. The molecule has 0 radical (unpaired) electrons. The molecule has 0 aromatic heterocycles. The SMILES string of the molecule is COCC(=O)N(CCN1CCOCC1)CC(=O)N1N=C(c2ccccc2Cl)C[C@@H]1c1ccc(OC)cc1. The molecule has 1 atom stereocenters. The fourth-order valence-corrected chi connectivity index (χ4v) is 4.76. The Bertz CT molecular complexity index is 1100. The molecule has 0 unspecified atom stereocenters. The number of morpholine rings is 1. The molecule has 1 saturated heterocycles. The highest BCUT2D eigenvalue weighted by atomic mass is 35.5. The molecule has 0 aliphatic carbocycles. The highest BCUT2D eigenvalue weighted by Gasteiger charge is 2.35. The molecule has 37 heavy (non-hydrogen) atoms. The van der Waals surface area contributed by atoms with Gasteiger partial charge in [-0.3, -0.25) is 14.5 Å². The van der Waals surface area contributed by atoms with Gasteiger partial charge in [0.05, 0.1) is 32.1 Å². The second-order valence-electron chi connectivity index (χ2n) is 8.96. The van der Waals surface area contributed by atoms with Crippen molar-refractivity contribution in [2.75, 3.05) is 66.8 Å². The summed E-state index contributed by atoms with van der Waals surface area (Å²) in [4.78, 5) is 30.3. The van der Waals surface area contributed by atoms with Crippen molar-refractivity contribution in [2.45, 2.75) is 12.5 Å². The van der Waals surface area contributed by atoms with E-state index in [4.69, 9.17) is 30.9 Å². The first-order valence-electron chi connectivity index (χ1n) is 12.4. The summed E-state index contributed by atoms with van der Waals surface area (Å²) < 4.78 is 15.8. The first-order valence-corrected chi connectivity index (χ1v) is 12.7. The minimum atomic E-state index is -0.330. The Kier molecular flexibility index (Phi) is 9.51. The molecular weight excluding hydrogens is 496 g/mol. The summed E-state index contributed by atoms with van der Waals surface area (Å²) in [6.07, 6.45) is 0.502. The summed E-state index contributed by atoms with van der Waals surface area (Å²) >= 11 is 6.46. The molecule has 2 aromatic rings. The number of amides is 2. The Hall–Kier alpha value is -2.98. The number of nitrogens with zero attached hydrogens (tertiary/aromatic N) is 4. The molecule has 0 spiro atoms. The highest BCUT2D eigenvalue weighted by Crippen LogP contribution is 2.35. The van der Waals surface area contributed by atoms with Crippen LogP contribution in [0.4, 0.5) is 0 Å². The minimum Gasteiger partial charge on any atom is -0.497 e. The van der Waals surface area contributed by atoms with Gasteiger partial charge >= 0.3 is 0 Å². The Morgan fingerprint density at radius 3 is 2.51 bits per heavy atom. The van der Waals surface area contributed by atoms with Gasteiger partial charge < -0.3 is 19.1 Å². The molecular formula is C27H33ClN4O5. The van der Waals surface area contributed by atoms with Crippen molar-refractivity contribution < 1.29 is 23.8 Å². The monoisotopic (exact) mass is 528 g/mol. The zero-order valence-electron chi connectivity index (χ0n) is 21.3. The van der Waals surface area contributed by atoms with Crippen LogP contribution in [0.25, 0.3) is 0 Å². The molecule has 2 heterocycles. The first kappa shape index (κ1) is 27.1. The van der Waals surface area contributed by atoms with Crippen LogP contribution in [0.5, 0.6) is 5.75 Å². The van der Waals surface area contributed by atoms with E-state index in [1.165, 1.54) is 12.1 Å². The predicted octanol–water partition coefficient (Wildman–Crippen LogP) is 2.83. The van der Waals surface area contributed by atoms with Gasteiger partial charge in [-0.25, -0.2) is 5.01 Å². The van der Waals surface area contributed by atoms with Crippen LogP contribution in [0.3, 0.4) is 0 Å². The van der Waals surface area contributed by atoms with E-state index in [2.05, 4.69) is 4.90 Å². The van der Waals surface area contributed by atoms with E-state index in [0.29, 0.717) is 37.7 Å². The van der Waals surface area contributed by atoms with Gasteiger partial charge in [0.2, 0.25) is 5.91 Å². The van der Waals surface area contributed by atoms with Crippen molar-refractivity contribution in [3.05, 3.63) is 64.7 Å². The van der Waals surface area contributed by atoms with Crippen LogP contribution in [-0.2, 0) is 19.1 Å². The normalized spacial score (nSPS) is 18.0. The van der Waals surface area contributed by atoms with E-state index < -0.39 is 0 Å². The molecule has 2 aliphatic rings. The van der Waals surface area contributed by atoms with Crippen molar-refractivity contribution in [1.82, 2.24) is 14.8 Å². The van der Waals surface area contributed by atoms with Gasteiger partial charge in [0.15, 0.2) is 0 Å². The second-order valence-corrected chi connectivity index (χ2v) is 9.37. The fraction of sp³-hybridized carbons (Fsp3) is 0.444. The number of halogens is 1. The van der Waals surface area contributed by atoms with Crippen LogP contribution in [0, 0.1) is 0 Å². The molecule has 4 rings (SSSR count). The van der Waals surface area contributed by atoms with E-state index in [1.54, 1.807) is 12.0 Å². The zero-order valence-corrected chi connectivity index (χ0v) is 22.0. The number of benzene rings is 2. The van der Waals surface area contributed by atoms with Crippen molar-refractivity contribution in [1.29, 1.82) is 0 Å². The lowest BCUT2D eigenvalue weighted by Crippen LogP contribution is -2.47. The standard InChI is InChI=1S/C27H33ClN4O5/c1-35-19-27(34)31(12-11-30-13-15-37-16-14-30)18-26(33)32-25(20-7-9-21(36-2)10-8-20)17-24(29-32)22-5-3-4-6-23(22)28/h3-10,25H,11-19H2,1-2H3/t25-/m1/s1. The number of methoxy groups -OCH3 is 2. The summed E-state index contributed by atoms with van der Waals surface area (Å²) in [6.45, 7) is 3.82. The topological polar surface area (TPSA) is 83.9 Å². The van der Waals surface area contributed by atoms with Gasteiger partial charge in [0, 0.05) is 50.3 Å². The van der Waals surface area contributed by atoms with Crippen molar-refractivity contribution in [3.63, 3.8) is 0 Å². The Balaban J connectivity index is 1.56. The number of hydrazone groups is 1. The van der Waals surface area contributed by atoms with E-state index in [9.17, 15) is 9.59 Å². The lowest BCUT2D eigenvalue weighted by atomic mass is 9.98. The van der Waals surface area contributed by atoms with Gasteiger partial charge in [-0.05, 0) is 23.8 Å². The smallest absolute Gasteiger partial charge is 0.262 e. The highest BCUT2D eigenvalue weighted by molar-refractivity contribution is 6.34. The second kappa shape index (κ2) is 13.0. The van der Waals surface area contributed by atoms with Gasteiger partial charge in [0.25, 0.3) is 5.91 Å². The van der Waals surface area contributed by atoms with Crippen molar-refractivity contribution in [3.8, 4) is 5.75 Å². The van der Waals surface area contributed by atoms with Crippen molar-refractivity contribution in [2.24, 2.45) is 5.10 Å².